The molecule has 0 atom stereocenters. The summed E-state index contributed by atoms with van der Waals surface area (Å²) in [6.07, 6.45) is 4.73. The quantitative estimate of drug-likeness (QED) is 0.449. The zero-order chi connectivity index (χ0) is 20.1. The third kappa shape index (κ3) is 4.62. The van der Waals surface area contributed by atoms with Crippen LogP contribution >= 0.6 is 11.6 Å². The van der Waals surface area contributed by atoms with Gasteiger partial charge >= 0.3 is 0 Å². The summed E-state index contributed by atoms with van der Waals surface area (Å²) in [5.41, 5.74) is 1.92. The van der Waals surface area contributed by atoms with Crippen LogP contribution in [0.3, 0.4) is 0 Å². The van der Waals surface area contributed by atoms with Crippen LogP contribution in [-0.4, -0.2) is 20.7 Å². The van der Waals surface area contributed by atoms with Gasteiger partial charge in [-0.15, -0.1) is 5.10 Å². The Morgan fingerprint density at radius 2 is 1.86 bits per heavy atom. The Balaban J connectivity index is 1.59. The van der Waals surface area contributed by atoms with Gasteiger partial charge in [0.1, 0.15) is 0 Å². The molecule has 0 saturated heterocycles. The summed E-state index contributed by atoms with van der Waals surface area (Å²) in [4.78, 5) is 17.2. The molecule has 144 valence electrons. The van der Waals surface area contributed by atoms with Crippen molar-refractivity contribution in [3.63, 3.8) is 0 Å². The van der Waals surface area contributed by atoms with Gasteiger partial charge in [-0.25, -0.2) is 0 Å². The number of furan rings is 1. The molecule has 0 fully saturated rings. The largest absolute Gasteiger partial charge is 0.461 e. The van der Waals surface area contributed by atoms with Crippen molar-refractivity contribution in [3.8, 4) is 11.6 Å². The number of nitrogens with one attached hydrogen (secondary N) is 1. The second-order valence-corrected chi connectivity index (χ2v) is 6.65. The van der Waals surface area contributed by atoms with E-state index in [0.29, 0.717) is 29.1 Å². The summed E-state index contributed by atoms with van der Waals surface area (Å²) in [6.45, 7) is 0.461. The predicted molar refractivity (Wildman–Crippen MR) is 113 cm³/mol. The Kier molecular flexibility index (Phi) is 5.54. The monoisotopic (exact) mass is 404 g/mol. The number of aromatic nitrogens is 3. The number of carbonyl (C=O) groups excluding carboxylic acids is 1. The number of rotatable bonds is 6. The number of carbonyl (C=O) groups is 1. The molecule has 0 spiro atoms. The van der Waals surface area contributed by atoms with Gasteiger partial charge in [0.2, 0.25) is 11.8 Å². The SMILES string of the molecule is O=C(C=Cc1ccccc1)n1nc(-c2ccco2)nc1NCc1ccc(Cl)cc1. The highest BCUT2D eigenvalue weighted by molar-refractivity contribution is 6.30. The minimum absolute atomic E-state index is 0.322. The van der Waals surface area contributed by atoms with E-state index < -0.39 is 0 Å². The molecular weight excluding hydrogens is 388 g/mol. The summed E-state index contributed by atoms with van der Waals surface area (Å²) in [5, 5.41) is 8.14. The predicted octanol–water partition coefficient (Wildman–Crippen LogP) is 5.16. The van der Waals surface area contributed by atoms with Crippen LogP contribution in [0.5, 0.6) is 0 Å². The van der Waals surface area contributed by atoms with E-state index in [-0.39, 0.29) is 5.91 Å². The normalized spacial score (nSPS) is 11.1. The van der Waals surface area contributed by atoms with E-state index in [1.54, 1.807) is 18.2 Å². The van der Waals surface area contributed by atoms with Crippen molar-refractivity contribution < 1.29 is 9.21 Å². The lowest BCUT2D eigenvalue weighted by molar-refractivity contribution is 0.0957. The van der Waals surface area contributed by atoms with Gasteiger partial charge in [-0.3, -0.25) is 4.79 Å². The van der Waals surface area contributed by atoms with E-state index in [4.69, 9.17) is 16.0 Å². The van der Waals surface area contributed by atoms with Crippen LogP contribution in [0.4, 0.5) is 5.95 Å². The Bertz CT molecular complexity index is 1120. The second kappa shape index (κ2) is 8.58. The molecule has 0 aliphatic rings. The van der Waals surface area contributed by atoms with E-state index >= 15 is 0 Å². The number of allylic oxidation sites excluding steroid dienone is 1. The molecule has 0 amide bonds. The Labute approximate surface area is 172 Å². The molecule has 4 rings (SSSR count). The van der Waals surface area contributed by atoms with Crippen molar-refractivity contribution in [2.45, 2.75) is 6.54 Å². The molecule has 4 aromatic rings. The van der Waals surface area contributed by atoms with Crippen molar-refractivity contribution in [2.24, 2.45) is 0 Å². The number of halogens is 1. The first kappa shape index (κ1) is 18.7. The van der Waals surface area contributed by atoms with E-state index in [0.717, 1.165) is 11.1 Å². The number of nitrogens with zero attached hydrogens (tertiary/aromatic N) is 3. The van der Waals surface area contributed by atoms with Crippen molar-refractivity contribution in [2.75, 3.05) is 5.32 Å². The van der Waals surface area contributed by atoms with E-state index in [1.165, 1.54) is 17.0 Å². The van der Waals surface area contributed by atoms with Gasteiger partial charge in [0.25, 0.3) is 5.91 Å². The lowest BCUT2D eigenvalue weighted by Crippen LogP contribution is -2.14. The molecule has 0 aliphatic heterocycles. The van der Waals surface area contributed by atoms with Gasteiger partial charge in [-0.2, -0.15) is 9.67 Å². The maximum Gasteiger partial charge on any atom is 0.274 e. The number of anilines is 1. The molecule has 0 unspecified atom stereocenters. The van der Waals surface area contributed by atoms with Crippen molar-refractivity contribution in [1.82, 2.24) is 14.8 Å². The van der Waals surface area contributed by atoms with Crippen LogP contribution in [0, 0.1) is 0 Å². The Hall–Kier alpha value is -3.64. The summed E-state index contributed by atoms with van der Waals surface area (Å²) in [6, 6.07) is 20.5. The second-order valence-electron chi connectivity index (χ2n) is 6.21. The minimum atomic E-state index is -0.322. The van der Waals surface area contributed by atoms with Gasteiger partial charge in [0.15, 0.2) is 5.76 Å². The fourth-order valence-electron chi connectivity index (χ4n) is 2.68. The molecule has 7 heteroatoms. The molecule has 6 nitrogen and oxygen atoms in total. The molecule has 0 saturated carbocycles. The van der Waals surface area contributed by atoms with Crippen LogP contribution in [-0.2, 0) is 6.54 Å². The molecule has 2 aromatic heterocycles. The third-order valence-electron chi connectivity index (χ3n) is 4.14. The third-order valence-corrected chi connectivity index (χ3v) is 4.39. The van der Waals surface area contributed by atoms with E-state index in [2.05, 4.69) is 15.4 Å². The zero-order valence-electron chi connectivity index (χ0n) is 15.3. The Morgan fingerprint density at radius 1 is 1.07 bits per heavy atom. The fraction of sp³-hybridized carbons (Fsp3) is 0.0455. The molecule has 0 radical (unpaired) electrons. The van der Waals surface area contributed by atoms with Gasteiger partial charge < -0.3 is 9.73 Å². The van der Waals surface area contributed by atoms with Gasteiger partial charge in [0.05, 0.1) is 6.26 Å². The molecule has 2 heterocycles. The highest BCUT2D eigenvalue weighted by Gasteiger charge is 2.17. The van der Waals surface area contributed by atoms with Gasteiger partial charge in [0, 0.05) is 17.6 Å². The molecule has 0 bridgehead atoms. The Morgan fingerprint density at radius 3 is 2.59 bits per heavy atom. The standard InChI is InChI=1S/C22H17ClN4O2/c23-18-11-8-17(9-12-18)15-24-22-25-21(19-7-4-14-29-19)26-27(22)20(28)13-10-16-5-2-1-3-6-16/h1-14H,15H2,(H,24,25,26). The molecule has 2 aromatic carbocycles. The van der Waals surface area contributed by atoms with Crippen LogP contribution in [0.1, 0.15) is 15.9 Å². The zero-order valence-corrected chi connectivity index (χ0v) is 16.1. The lowest BCUT2D eigenvalue weighted by Gasteiger charge is -2.06. The first-order chi connectivity index (χ1) is 14.2. The molecule has 29 heavy (non-hydrogen) atoms. The average Bonchev–Trinajstić information content (AvgIpc) is 3.42. The summed E-state index contributed by atoms with van der Waals surface area (Å²) in [7, 11) is 0. The minimum Gasteiger partial charge on any atom is -0.461 e. The smallest absolute Gasteiger partial charge is 0.274 e. The number of hydrogen-bond acceptors (Lipinski definition) is 5. The summed E-state index contributed by atoms with van der Waals surface area (Å²) < 4.78 is 6.59. The average molecular weight is 405 g/mol. The van der Waals surface area contributed by atoms with Crippen LogP contribution < -0.4 is 5.32 Å². The number of benzene rings is 2. The van der Waals surface area contributed by atoms with Crippen LogP contribution in [0.15, 0.2) is 83.5 Å². The fourth-order valence-corrected chi connectivity index (χ4v) is 2.80. The van der Waals surface area contributed by atoms with Gasteiger partial charge in [-0.05, 0) is 41.5 Å². The number of hydrogen-bond donors (Lipinski definition) is 1. The van der Waals surface area contributed by atoms with Crippen LogP contribution in [0.2, 0.25) is 5.02 Å². The van der Waals surface area contributed by atoms with Crippen LogP contribution in [0.25, 0.3) is 17.7 Å². The summed E-state index contributed by atoms with van der Waals surface area (Å²) >= 11 is 5.93. The van der Waals surface area contributed by atoms with Gasteiger partial charge in [-0.1, -0.05) is 54.1 Å². The maximum absolute atomic E-state index is 12.8. The molecule has 1 N–H and O–H groups in total. The highest BCUT2D eigenvalue weighted by atomic mass is 35.5. The van der Waals surface area contributed by atoms with Crippen molar-refractivity contribution in [3.05, 3.63) is 95.2 Å². The van der Waals surface area contributed by atoms with Crippen molar-refractivity contribution in [1.29, 1.82) is 0 Å². The summed E-state index contributed by atoms with van der Waals surface area (Å²) in [5.74, 6) is 0.819. The lowest BCUT2D eigenvalue weighted by atomic mass is 10.2. The van der Waals surface area contributed by atoms with E-state index in [1.807, 2.05) is 54.6 Å². The maximum atomic E-state index is 12.8. The topological polar surface area (TPSA) is 73.0 Å². The van der Waals surface area contributed by atoms with E-state index in [9.17, 15) is 4.79 Å². The van der Waals surface area contributed by atoms with Crippen molar-refractivity contribution >= 4 is 29.5 Å². The highest BCUT2D eigenvalue weighted by Crippen LogP contribution is 2.19. The first-order valence-electron chi connectivity index (χ1n) is 8.96. The molecule has 0 aliphatic carbocycles. The first-order valence-corrected chi connectivity index (χ1v) is 9.33. The molecular formula is C22H17ClN4O2.